The average Bonchev–Trinajstić information content (AvgIpc) is 2.07. The molecule has 4 aliphatic rings. The number of carbonyl (C=O) groups is 1. The van der Waals surface area contributed by atoms with E-state index >= 15 is 0 Å². The summed E-state index contributed by atoms with van der Waals surface area (Å²) in [5, 5.41) is 19.9. The molecule has 3 heteroatoms. The molecular formula is C10H14O3. The molecule has 0 aliphatic heterocycles. The maximum atomic E-state index is 11.7. The number of aliphatic hydroxyl groups is 2. The van der Waals surface area contributed by atoms with Crippen LogP contribution >= 0.6 is 0 Å². The predicted molar refractivity (Wildman–Crippen MR) is 44.9 cm³/mol. The Balaban J connectivity index is 2.03. The molecule has 4 aliphatic carbocycles. The quantitative estimate of drug-likeness (QED) is 0.558. The summed E-state index contributed by atoms with van der Waals surface area (Å²) in [6.07, 6.45) is 2.17. The molecule has 0 radical (unpaired) electrons. The zero-order chi connectivity index (χ0) is 9.22. The molecule has 2 N–H and O–H groups in total. The Morgan fingerprint density at radius 3 is 2.85 bits per heavy atom. The van der Waals surface area contributed by atoms with Crippen molar-refractivity contribution >= 4 is 5.78 Å². The molecule has 0 aromatic rings. The monoisotopic (exact) mass is 182 g/mol. The van der Waals surface area contributed by atoms with E-state index in [0.29, 0.717) is 18.8 Å². The highest BCUT2D eigenvalue weighted by molar-refractivity contribution is 5.86. The third-order valence-corrected chi connectivity index (χ3v) is 4.15. The molecule has 5 unspecified atom stereocenters. The molecule has 4 saturated carbocycles. The summed E-state index contributed by atoms with van der Waals surface area (Å²) < 4.78 is 0. The molecule has 4 fully saturated rings. The van der Waals surface area contributed by atoms with Crippen LogP contribution in [0.4, 0.5) is 0 Å². The maximum absolute atomic E-state index is 11.7. The smallest absolute Gasteiger partial charge is 0.141 e. The highest BCUT2D eigenvalue weighted by Gasteiger charge is 2.59. The van der Waals surface area contributed by atoms with Gasteiger partial charge in [0.15, 0.2) is 0 Å². The molecule has 4 rings (SSSR count). The second-order valence-corrected chi connectivity index (χ2v) is 5.00. The molecule has 0 spiro atoms. The van der Waals surface area contributed by atoms with Crippen LogP contribution in [0.15, 0.2) is 0 Å². The van der Waals surface area contributed by atoms with Gasteiger partial charge < -0.3 is 10.2 Å². The first-order valence-corrected chi connectivity index (χ1v) is 5.04. The van der Waals surface area contributed by atoms with Gasteiger partial charge in [-0.15, -0.1) is 0 Å². The second-order valence-electron chi connectivity index (χ2n) is 5.00. The van der Waals surface area contributed by atoms with Crippen molar-refractivity contribution in [1.29, 1.82) is 0 Å². The van der Waals surface area contributed by atoms with Crippen molar-refractivity contribution in [3.05, 3.63) is 0 Å². The highest BCUT2D eigenvalue weighted by atomic mass is 16.3. The number of carbonyl (C=O) groups excluding carboxylic acids is 1. The van der Waals surface area contributed by atoms with Crippen molar-refractivity contribution in [3.8, 4) is 0 Å². The van der Waals surface area contributed by atoms with Crippen LogP contribution in [0, 0.1) is 17.8 Å². The van der Waals surface area contributed by atoms with Gasteiger partial charge in [-0.3, -0.25) is 4.79 Å². The lowest BCUT2D eigenvalue weighted by atomic mass is 9.52. The Hall–Kier alpha value is -0.410. The average molecular weight is 182 g/mol. The molecule has 4 bridgehead atoms. The van der Waals surface area contributed by atoms with E-state index < -0.39 is 11.7 Å². The summed E-state index contributed by atoms with van der Waals surface area (Å²) in [5.41, 5.74) is -0.926. The second kappa shape index (κ2) is 2.15. The van der Waals surface area contributed by atoms with Crippen LogP contribution in [0.3, 0.4) is 0 Å². The normalized spacial score (nSPS) is 58.8. The van der Waals surface area contributed by atoms with Gasteiger partial charge in [0.25, 0.3) is 0 Å². The molecule has 0 amide bonds. The van der Waals surface area contributed by atoms with Gasteiger partial charge in [0, 0.05) is 11.8 Å². The third-order valence-electron chi connectivity index (χ3n) is 4.15. The number of ketones is 1. The zero-order valence-electron chi connectivity index (χ0n) is 7.44. The minimum Gasteiger partial charge on any atom is -0.389 e. The van der Waals surface area contributed by atoms with E-state index in [9.17, 15) is 15.0 Å². The van der Waals surface area contributed by atoms with Gasteiger partial charge in [0.2, 0.25) is 0 Å². The first-order valence-electron chi connectivity index (χ1n) is 5.04. The van der Waals surface area contributed by atoms with Crippen LogP contribution in [0.1, 0.15) is 25.7 Å². The van der Waals surface area contributed by atoms with Crippen LogP contribution in [0.5, 0.6) is 0 Å². The molecule has 13 heavy (non-hydrogen) atoms. The number of rotatable bonds is 0. The van der Waals surface area contributed by atoms with E-state index in [1.165, 1.54) is 0 Å². The van der Waals surface area contributed by atoms with Crippen LogP contribution in [0.2, 0.25) is 0 Å². The van der Waals surface area contributed by atoms with Crippen LogP contribution in [-0.2, 0) is 4.79 Å². The Kier molecular flexibility index (Phi) is 1.31. The first-order chi connectivity index (χ1) is 6.10. The lowest BCUT2D eigenvalue weighted by Crippen LogP contribution is -2.64. The number of Topliss-reactive ketones (excluding diaryl/α,β-unsaturated/α-hetero) is 1. The SMILES string of the molecule is O=C1C2CC3CC1C(O)C(O)(C3)C2. The van der Waals surface area contributed by atoms with Crippen molar-refractivity contribution in [2.45, 2.75) is 37.4 Å². The summed E-state index contributed by atoms with van der Waals surface area (Å²) >= 11 is 0. The number of aliphatic hydroxyl groups excluding tert-OH is 1. The maximum Gasteiger partial charge on any atom is 0.141 e. The van der Waals surface area contributed by atoms with Crippen molar-refractivity contribution in [2.24, 2.45) is 17.8 Å². The van der Waals surface area contributed by atoms with Crippen molar-refractivity contribution in [2.75, 3.05) is 0 Å². The van der Waals surface area contributed by atoms with E-state index in [2.05, 4.69) is 0 Å². The molecule has 0 heterocycles. The Morgan fingerprint density at radius 2 is 2.08 bits per heavy atom. The minimum atomic E-state index is -0.926. The molecular weight excluding hydrogens is 168 g/mol. The van der Waals surface area contributed by atoms with Crippen LogP contribution in [0.25, 0.3) is 0 Å². The van der Waals surface area contributed by atoms with Gasteiger partial charge in [-0.25, -0.2) is 0 Å². The number of hydrogen-bond acceptors (Lipinski definition) is 3. The fourth-order valence-electron chi connectivity index (χ4n) is 3.65. The molecule has 72 valence electrons. The standard InChI is InChI=1S/C10H14O3/c11-8-6-1-5-2-7(8)9(12)10(13,3-5)4-6/h5-7,9,12-13H,1-4H2. The fraction of sp³-hybridized carbons (Fsp3) is 0.900. The van der Waals surface area contributed by atoms with E-state index in [-0.39, 0.29) is 17.6 Å². The van der Waals surface area contributed by atoms with Gasteiger partial charge in [0.05, 0.1) is 11.7 Å². The molecule has 0 saturated heterocycles. The van der Waals surface area contributed by atoms with Crippen LogP contribution < -0.4 is 0 Å². The van der Waals surface area contributed by atoms with Crippen molar-refractivity contribution in [3.63, 3.8) is 0 Å². The summed E-state index contributed by atoms with van der Waals surface area (Å²) in [4.78, 5) is 11.7. The van der Waals surface area contributed by atoms with E-state index in [1.807, 2.05) is 0 Å². The van der Waals surface area contributed by atoms with E-state index in [1.54, 1.807) is 0 Å². The van der Waals surface area contributed by atoms with E-state index in [0.717, 1.165) is 12.8 Å². The van der Waals surface area contributed by atoms with Gasteiger partial charge in [-0.1, -0.05) is 0 Å². The largest absolute Gasteiger partial charge is 0.389 e. The van der Waals surface area contributed by atoms with Crippen LogP contribution in [-0.4, -0.2) is 27.7 Å². The lowest BCUT2D eigenvalue weighted by molar-refractivity contribution is -0.202. The van der Waals surface area contributed by atoms with Crippen molar-refractivity contribution in [1.82, 2.24) is 0 Å². The molecule has 5 atom stereocenters. The Morgan fingerprint density at radius 1 is 1.31 bits per heavy atom. The molecule has 0 aromatic carbocycles. The number of hydrogen-bond donors (Lipinski definition) is 2. The Labute approximate surface area is 76.8 Å². The van der Waals surface area contributed by atoms with Gasteiger partial charge in [-0.2, -0.15) is 0 Å². The van der Waals surface area contributed by atoms with Gasteiger partial charge >= 0.3 is 0 Å². The lowest BCUT2D eigenvalue weighted by Gasteiger charge is -2.55. The van der Waals surface area contributed by atoms with Gasteiger partial charge in [0.1, 0.15) is 5.78 Å². The third kappa shape index (κ3) is 0.842. The van der Waals surface area contributed by atoms with Gasteiger partial charge in [-0.05, 0) is 31.6 Å². The summed E-state index contributed by atoms with van der Waals surface area (Å²) in [7, 11) is 0. The Bertz CT molecular complexity index is 275. The molecule has 0 aromatic heterocycles. The molecule has 3 nitrogen and oxygen atoms in total. The zero-order valence-corrected chi connectivity index (χ0v) is 7.44. The fourth-order valence-corrected chi connectivity index (χ4v) is 3.65. The topological polar surface area (TPSA) is 57.5 Å². The minimum absolute atomic E-state index is 0.0471. The van der Waals surface area contributed by atoms with Crippen molar-refractivity contribution < 1.29 is 15.0 Å². The summed E-state index contributed by atoms with van der Waals surface area (Å²) in [6, 6.07) is 0. The van der Waals surface area contributed by atoms with E-state index in [4.69, 9.17) is 0 Å². The first kappa shape index (κ1) is 7.94. The summed E-state index contributed by atoms with van der Waals surface area (Å²) in [6.45, 7) is 0. The summed E-state index contributed by atoms with van der Waals surface area (Å²) in [5.74, 6) is 0.477. The highest BCUT2D eigenvalue weighted by Crippen LogP contribution is 2.53. The predicted octanol–water partition coefficient (Wildman–Crippen LogP) is 0.0973.